The number of nitrogens with one attached hydrogen (secondary N) is 2. The lowest BCUT2D eigenvalue weighted by Gasteiger charge is -2.20. The first-order chi connectivity index (χ1) is 6.90. The average molecular weight is 216 g/mol. The van der Waals surface area contributed by atoms with Crippen LogP contribution < -0.4 is 10.6 Å². The topological polar surface area (TPSA) is 78.4 Å². The molecular formula is C10H20N2O3. The van der Waals surface area contributed by atoms with Crippen molar-refractivity contribution in [3.05, 3.63) is 0 Å². The van der Waals surface area contributed by atoms with Gasteiger partial charge in [0.15, 0.2) is 0 Å². The van der Waals surface area contributed by atoms with Crippen LogP contribution in [-0.2, 0) is 9.59 Å². The van der Waals surface area contributed by atoms with Gasteiger partial charge in [-0.2, -0.15) is 0 Å². The van der Waals surface area contributed by atoms with Gasteiger partial charge in [-0.15, -0.1) is 0 Å². The number of carbonyl (C=O) groups excluding carboxylic acids is 1. The van der Waals surface area contributed by atoms with Crippen molar-refractivity contribution < 1.29 is 14.7 Å². The molecule has 3 N–H and O–H groups in total. The maximum atomic E-state index is 11.5. The minimum atomic E-state index is -0.899. The molecule has 5 nitrogen and oxygen atoms in total. The van der Waals surface area contributed by atoms with Crippen LogP contribution in [0.1, 0.15) is 20.8 Å². The molecule has 3 atom stereocenters. The number of carboxylic acid groups (broad SMARTS) is 1. The normalized spacial score (nSPS) is 16.5. The second-order valence-electron chi connectivity index (χ2n) is 3.88. The largest absolute Gasteiger partial charge is 0.481 e. The summed E-state index contributed by atoms with van der Waals surface area (Å²) in [5.41, 5.74) is 0. The van der Waals surface area contributed by atoms with Gasteiger partial charge >= 0.3 is 5.97 Å². The first kappa shape index (κ1) is 13.9. The van der Waals surface area contributed by atoms with Crippen LogP contribution in [0, 0.1) is 11.8 Å². The van der Waals surface area contributed by atoms with Gasteiger partial charge in [0.2, 0.25) is 5.91 Å². The number of amides is 1. The molecule has 0 aromatic heterocycles. The standard InChI is InChI=1S/C10H20N2O3/c1-6(5-11-4)9(13)12-8(3)7(2)10(14)15/h6-8,11H,5H2,1-4H3,(H,12,13)(H,14,15). The molecule has 3 unspecified atom stereocenters. The Balaban J connectivity index is 4.11. The van der Waals surface area contributed by atoms with Crippen molar-refractivity contribution in [3.63, 3.8) is 0 Å². The number of carbonyl (C=O) groups is 2. The third-order valence-electron chi connectivity index (χ3n) is 2.47. The van der Waals surface area contributed by atoms with E-state index < -0.39 is 11.9 Å². The van der Waals surface area contributed by atoms with E-state index in [1.165, 1.54) is 0 Å². The van der Waals surface area contributed by atoms with Crippen LogP contribution in [0.4, 0.5) is 0 Å². The molecule has 0 radical (unpaired) electrons. The summed E-state index contributed by atoms with van der Waals surface area (Å²) in [5, 5.41) is 14.3. The molecule has 0 spiro atoms. The molecule has 0 aliphatic carbocycles. The minimum Gasteiger partial charge on any atom is -0.481 e. The summed E-state index contributed by atoms with van der Waals surface area (Å²) in [5.74, 6) is -1.75. The van der Waals surface area contributed by atoms with Gasteiger partial charge in [-0.25, -0.2) is 0 Å². The van der Waals surface area contributed by atoms with Crippen molar-refractivity contribution in [2.45, 2.75) is 26.8 Å². The van der Waals surface area contributed by atoms with Gasteiger partial charge < -0.3 is 15.7 Å². The van der Waals surface area contributed by atoms with Crippen molar-refractivity contribution in [1.82, 2.24) is 10.6 Å². The van der Waals surface area contributed by atoms with Crippen LogP contribution in [0.5, 0.6) is 0 Å². The van der Waals surface area contributed by atoms with Gasteiger partial charge in [-0.3, -0.25) is 9.59 Å². The Morgan fingerprint density at radius 1 is 1.27 bits per heavy atom. The lowest BCUT2D eigenvalue weighted by atomic mass is 10.0. The van der Waals surface area contributed by atoms with E-state index in [0.717, 1.165) is 0 Å². The Morgan fingerprint density at radius 3 is 2.20 bits per heavy atom. The maximum Gasteiger partial charge on any atom is 0.308 e. The van der Waals surface area contributed by atoms with Crippen LogP contribution in [0.25, 0.3) is 0 Å². The van der Waals surface area contributed by atoms with Gasteiger partial charge in [0.05, 0.1) is 5.92 Å². The lowest BCUT2D eigenvalue weighted by Crippen LogP contribution is -2.44. The molecule has 0 saturated heterocycles. The molecule has 0 heterocycles. The summed E-state index contributed by atoms with van der Waals surface area (Å²) >= 11 is 0. The Hall–Kier alpha value is -1.10. The van der Waals surface area contributed by atoms with Crippen molar-refractivity contribution in [1.29, 1.82) is 0 Å². The predicted octanol–water partition coefficient (Wildman–Crippen LogP) is 0.0673. The summed E-state index contributed by atoms with van der Waals surface area (Å²) in [6.07, 6.45) is 0. The van der Waals surface area contributed by atoms with Crippen LogP contribution in [-0.4, -0.2) is 36.6 Å². The van der Waals surface area contributed by atoms with E-state index in [1.807, 2.05) is 0 Å². The minimum absolute atomic E-state index is 0.120. The van der Waals surface area contributed by atoms with E-state index in [2.05, 4.69) is 10.6 Å². The van der Waals surface area contributed by atoms with Gasteiger partial charge in [0, 0.05) is 18.5 Å². The zero-order valence-electron chi connectivity index (χ0n) is 9.70. The molecule has 0 bridgehead atoms. The fraction of sp³-hybridized carbons (Fsp3) is 0.800. The number of carboxylic acids is 1. The van der Waals surface area contributed by atoms with Crippen LogP contribution in [0.2, 0.25) is 0 Å². The second kappa shape index (κ2) is 6.40. The summed E-state index contributed by atoms with van der Waals surface area (Å²) in [7, 11) is 1.77. The Labute approximate surface area is 90.2 Å². The van der Waals surface area contributed by atoms with Crippen molar-refractivity contribution in [3.8, 4) is 0 Å². The predicted molar refractivity (Wildman–Crippen MR) is 57.5 cm³/mol. The summed E-state index contributed by atoms with van der Waals surface area (Å²) < 4.78 is 0. The second-order valence-corrected chi connectivity index (χ2v) is 3.88. The lowest BCUT2D eigenvalue weighted by molar-refractivity contribution is -0.142. The van der Waals surface area contributed by atoms with Gasteiger partial charge in [-0.1, -0.05) is 6.92 Å². The highest BCUT2D eigenvalue weighted by molar-refractivity contribution is 5.80. The molecule has 0 aromatic rings. The zero-order valence-corrected chi connectivity index (χ0v) is 9.70. The monoisotopic (exact) mass is 216 g/mol. The molecule has 0 aliphatic rings. The first-order valence-corrected chi connectivity index (χ1v) is 5.08. The molecule has 1 amide bonds. The fourth-order valence-electron chi connectivity index (χ4n) is 1.10. The third-order valence-corrected chi connectivity index (χ3v) is 2.47. The van der Waals surface area contributed by atoms with E-state index in [0.29, 0.717) is 6.54 Å². The van der Waals surface area contributed by atoms with E-state index in [-0.39, 0.29) is 17.9 Å². The Kier molecular flexibility index (Phi) is 5.93. The molecule has 0 fully saturated rings. The molecule has 0 rings (SSSR count). The first-order valence-electron chi connectivity index (χ1n) is 5.08. The fourth-order valence-corrected chi connectivity index (χ4v) is 1.10. The Morgan fingerprint density at radius 2 is 1.80 bits per heavy atom. The molecular weight excluding hydrogens is 196 g/mol. The van der Waals surface area contributed by atoms with E-state index in [9.17, 15) is 9.59 Å². The van der Waals surface area contributed by atoms with E-state index in [1.54, 1.807) is 27.8 Å². The van der Waals surface area contributed by atoms with E-state index in [4.69, 9.17) is 5.11 Å². The number of hydrogen-bond acceptors (Lipinski definition) is 3. The quantitative estimate of drug-likeness (QED) is 0.587. The van der Waals surface area contributed by atoms with Crippen molar-refractivity contribution in [2.24, 2.45) is 11.8 Å². The van der Waals surface area contributed by atoms with Crippen molar-refractivity contribution >= 4 is 11.9 Å². The highest BCUT2D eigenvalue weighted by Gasteiger charge is 2.22. The molecule has 5 heteroatoms. The van der Waals surface area contributed by atoms with Crippen molar-refractivity contribution in [2.75, 3.05) is 13.6 Å². The zero-order chi connectivity index (χ0) is 12.0. The van der Waals surface area contributed by atoms with Gasteiger partial charge in [0.25, 0.3) is 0 Å². The number of rotatable bonds is 6. The van der Waals surface area contributed by atoms with Gasteiger partial charge in [-0.05, 0) is 20.9 Å². The third kappa shape index (κ3) is 4.78. The van der Waals surface area contributed by atoms with Crippen LogP contribution in [0.15, 0.2) is 0 Å². The van der Waals surface area contributed by atoms with E-state index >= 15 is 0 Å². The Bertz CT molecular complexity index is 231. The molecule has 0 aliphatic heterocycles. The smallest absolute Gasteiger partial charge is 0.308 e. The molecule has 15 heavy (non-hydrogen) atoms. The summed E-state index contributed by atoms with van der Waals surface area (Å²) in [6, 6.07) is -0.352. The average Bonchev–Trinajstić information content (AvgIpc) is 2.16. The molecule has 0 aromatic carbocycles. The summed E-state index contributed by atoms with van der Waals surface area (Å²) in [6.45, 7) is 5.66. The highest BCUT2D eigenvalue weighted by atomic mass is 16.4. The molecule has 0 saturated carbocycles. The van der Waals surface area contributed by atoms with Gasteiger partial charge in [0.1, 0.15) is 0 Å². The molecule has 88 valence electrons. The van der Waals surface area contributed by atoms with Crippen LogP contribution in [0.3, 0.4) is 0 Å². The SMILES string of the molecule is CNCC(C)C(=O)NC(C)C(C)C(=O)O. The summed E-state index contributed by atoms with van der Waals surface area (Å²) in [4.78, 5) is 22.2. The van der Waals surface area contributed by atoms with Crippen LogP contribution >= 0.6 is 0 Å². The maximum absolute atomic E-state index is 11.5. The number of aliphatic carboxylic acids is 1. The number of hydrogen-bond donors (Lipinski definition) is 3. The highest BCUT2D eigenvalue weighted by Crippen LogP contribution is 2.03.